The van der Waals surface area contributed by atoms with Gasteiger partial charge in [0.25, 0.3) is 5.91 Å². The minimum atomic E-state index is -0.292. The molecule has 3 aromatic heterocycles. The van der Waals surface area contributed by atoms with Crippen LogP contribution < -0.4 is 5.32 Å². The van der Waals surface area contributed by atoms with Gasteiger partial charge in [-0.1, -0.05) is 41.6 Å². The van der Waals surface area contributed by atoms with Gasteiger partial charge in [0, 0.05) is 23.5 Å². The zero-order valence-electron chi connectivity index (χ0n) is 13.6. The Hall–Kier alpha value is -3.41. The van der Waals surface area contributed by atoms with Crippen molar-refractivity contribution in [3.8, 4) is 11.3 Å². The summed E-state index contributed by atoms with van der Waals surface area (Å²) in [5.41, 5.74) is 3.86. The summed E-state index contributed by atoms with van der Waals surface area (Å²) >= 11 is 0. The molecule has 4 aromatic rings. The van der Waals surface area contributed by atoms with E-state index < -0.39 is 0 Å². The number of carbonyl (C=O) groups excluding carboxylic acids is 1. The fourth-order valence-electron chi connectivity index (χ4n) is 2.67. The van der Waals surface area contributed by atoms with Crippen LogP contribution in [-0.4, -0.2) is 20.4 Å². The molecule has 0 radical (unpaired) electrons. The fraction of sp³-hybridized carbons (Fsp3) is 0.105. The largest absolute Gasteiger partial charge is 0.355 e. The minimum Gasteiger partial charge on any atom is -0.355 e. The van der Waals surface area contributed by atoms with Crippen molar-refractivity contribution in [3.63, 3.8) is 0 Å². The fourth-order valence-corrected chi connectivity index (χ4v) is 2.67. The van der Waals surface area contributed by atoms with E-state index in [1.54, 1.807) is 6.07 Å². The van der Waals surface area contributed by atoms with Crippen LogP contribution in [0.2, 0.25) is 0 Å². The third-order valence-electron chi connectivity index (χ3n) is 3.98. The maximum absolute atomic E-state index is 12.3. The Morgan fingerprint density at radius 2 is 2.00 bits per heavy atom. The van der Waals surface area contributed by atoms with Crippen molar-refractivity contribution >= 4 is 11.6 Å². The van der Waals surface area contributed by atoms with Crippen LogP contribution in [0.15, 0.2) is 65.3 Å². The second-order valence-electron chi connectivity index (χ2n) is 5.75. The van der Waals surface area contributed by atoms with Gasteiger partial charge in [-0.3, -0.25) is 4.79 Å². The van der Waals surface area contributed by atoms with E-state index in [-0.39, 0.29) is 11.6 Å². The Morgan fingerprint density at radius 3 is 2.80 bits per heavy atom. The molecule has 0 saturated heterocycles. The Balaban J connectivity index is 1.47. The summed E-state index contributed by atoms with van der Waals surface area (Å²) in [6.07, 6.45) is 1.92. The lowest BCUT2D eigenvalue weighted by Gasteiger charge is -1.98. The van der Waals surface area contributed by atoms with Gasteiger partial charge in [0.1, 0.15) is 5.65 Å². The zero-order valence-corrected chi connectivity index (χ0v) is 13.6. The monoisotopic (exact) mass is 332 g/mol. The third-order valence-corrected chi connectivity index (χ3v) is 3.98. The third kappa shape index (κ3) is 3.01. The molecule has 0 aliphatic rings. The molecule has 6 nitrogen and oxygen atoms in total. The number of carbonyl (C=O) groups is 1. The summed E-state index contributed by atoms with van der Waals surface area (Å²) < 4.78 is 7.25. The molecular formula is C19H16N4O2. The number of imidazole rings is 1. The molecular weight excluding hydrogens is 316 g/mol. The SMILES string of the molecule is Cc1cccc2nc(CNC(=O)c3cc(-c4ccccc4)on3)cn12. The first-order valence-electron chi connectivity index (χ1n) is 7.94. The van der Waals surface area contributed by atoms with Crippen molar-refractivity contribution in [2.75, 3.05) is 0 Å². The minimum absolute atomic E-state index is 0.249. The molecule has 4 rings (SSSR count). The van der Waals surface area contributed by atoms with E-state index in [0.29, 0.717) is 12.3 Å². The number of amides is 1. The second-order valence-corrected chi connectivity index (χ2v) is 5.75. The van der Waals surface area contributed by atoms with Crippen LogP contribution in [0.5, 0.6) is 0 Å². The molecule has 0 bridgehead atoms. The highest BCUT2D eigenvalue weighted by Crippen LogP contribution is 2.19. The van der Waals surface area contributed by atoms with E-state index in [9.17, 15) is 4.79 Å². The first-order valence-corrected chi connectivity index (χ1v) is 7.94. The first kappa shape index (κ1) is 15.1. The quantitative estimate of drug-likeness (QED) is 0.623. The highest BCUT2D eigenvalue weighted by atomic mass is 16.5. The van der Waals surface area contributed by atoms with Crippen molar-refractivity contribution in [2.24, 2.45) is 0 Å². The highest BCUT2D eigenvalue weighted by Gasteiger charge is 2.14. The van der Waals surface area contributed by atoms with Crippen LogP contribution in [0.25, 0.3) is 17.0 Å². The molecule has 3 heterocycles. The maximum Gasteiger partial charge on any atom is 0.273 e. The molecule has 0 aliphatic carbocycles. The summed E-state index contributed by atoms with van der Waals surface area (Å²) in [6.45, 7) is 2.34. The van der Waals surface area contributed by atoms with Crippen molar-refractivity contribution in [3.05, 3.63) is 77.9 Å². The van der Waals surface area contributed by atoms with Crippen LogP contribution in [0.4, 0.5) is 0 Å². The molecule has 0 atom stereocenters. The highest BCUT2D eigenvalue weighted by molar-refractivity contribution is 5.93. The number of nitrogens with zero attached hydrogens (tertiary/aromatic N) is 3. The van der Waals surface area contributed by atoms with Crippen LogP contribution in [0.1, 0.15) is 21.9 Å². The number of nitrogens with one attached hydrogen (secondary N) is 1. The molecule has 124 valence electrons. The summed E-state index contributed by atoms with van der Waals surface area (Å²) in [7, 11) is 0. The number of pyridine rings is 1. The van der Waals surface area contributed by atoms with Crippen molar-refractivity contribution in [1.29, 1.82) is 0 Å². The van der Waals surface area contributed by atoms with Gasteiger partial charge in [-0.05, 0) is 19.1 Å². The summed E-state index contributed by atoms with van der Waals surface area (Å²) in [5, 5.41) is 6.67. The predicted octanol–water partition coefficient (Wildman–Crippen LogP) is 3.23. The van der Waals surface area contributed by atoms with Gasteiger partial charge < -0.3 is 14.2 Å². The predicted molar refractivity (Wildman–Crippen MR) is 93.0 cm³/mol. The summed E-state index contributed by atoms with van der Waals surface area (Å²) in [5.74, 6) is 0.272. The van der Waals surface area contributed by atoms with E-state index >= 15 is 0 Å². The van der Waals surface area contributed by atoms with Crippen LogP contribution in [0, 0.1) is 6.92 Å². The van der Waals surface area contributed by atoms with E-state index in [1.807, 2.05) is 66.1 Å². The molecule has 25 heavy (non-hydrogen) atoms. The summed E-state index contributed by atoms with van der Waals surface area (Å²) in [6, 6.07) is 17.1. The van der Waals surface area contributed by atoms with Crippen molar-refractivity contribution in [1.82, 2.24) is 19.9 Å². The van der Waals surface area contributed by atoms with Gasteiger partial charge >= 0.3 is 0 Å². The van der Waals surface area contributed by atoms with Crippen LogP contribution >= 0.6 is 0 Å². The average Bonchev–Trinajstić information content (AvgIpc) is 3.28. The number of hydrogen-bond donors (Lipinski definition) is 1. The number of benzene rings is 1. The lowest BCUT2D eigenvalue weighted by Crippen LogP contribution is -2.23. The van der Waals surface area contributed by atoms with Crippen molar-refractivity contribution in [2.45, 2.75) is 13.5 Å². The van der Waals surface area contributed by atoms with Gasteiger partial charge in [-0.25, -0.2) is 4.98 Å². The molecule has 0 fully saturated rings. The molecule has 6 heteroatoms. The molecule has 1 N–H and O–H groups in total. The Morgan fingerprint density at radius 1 is 1.16 bits per heavy atom. The smallest absolute Gasteiger partial charge is 0.273 e. The standard InChI is InChI=1S/C19H16N4O2/c1-13-6-5-9-18-21-15(12-23(13)18)11-20-19(24)16-10-17(25-22-16)14-7-3-2-4-8-14/h2-10,12H,11H2,1H3,(H,20,24). The Bertz CT molecular complexity index is 1030. The number of aryl methyl sites for hydroxylation is 1. The average molecular weight is 332 g/mol. The van der Waals surface area contributed by atoms with Gasteiger partial charge in [-0.2, -0.15) is 0 Å². The van der Waals surface area contributed by atoms with E-state index in [4.69, 9.17) is 4.52 Å². The number of hydrogen-bond acceptors (Lipinski definition) is 4. The molecule has 0 unspecified atom stereocenters. The second kappa shape index (κ2) is 6.24. The molecule has 1 aromatic carbocycles. The van der Waals surface area contributed by atoms with E-state index in [2.05, 4.69) is 15.5 Å². The van der Waals surface area contributed by atoms with Crippen molar-refractivity contribution < 1.29 is 9.32 Å². The Labute approximate surface area is 144 Å². The normalized spacial score (nSPS) is 10.9. The molecule has 1 amide bonds. The lowest BCUT2D eigenvalue weighted by atomic mass is 10.1. The first-order chi connectivity index (χ1) is 12.2. The number of rotatable bonds is 4. The van der Waals surface area contributed by atoms with E-state index in [1.165, 1.54) is 0 Å². The topological polar surface area (TPSA) is 72.4 Å². The van der Waals surface area contributed by atoms with Gasteiger partial charge in [0.15, 0.2) is 11.5 Å². The zero-order chi connectivity index (χ0) is 17.2. The number of aromatic nitrogens is 3. The Kier molecular flexibility index (Phi) is 3.78. The van der Waals surface area contributed by atoms with E-state index in [0.717, 1.165) is 22.6 Å². The van der Waals surface area contributed by atoms with Gasteiger partial charge in [0.2, 0.25) is 0 Å². The van der Waals surface area contributed by atoms with Crippen LogP contribution in [0.3, 0.4) is 0 Å². The molecule has 0 aliphatic heterocycles. The summed E-state index contributed by atoms with van der Waals surface area (Å²) in [4.78, 5) is 16.8. The maximum atomic E-state index is 12.3. The van der Waals surface area contributed by atoms with Gasteiger partial charge in [0.05, 0.1) is 12.2 Å². The van der Waals surface area contributed by atoms with Gasteiger partial charge in [-0.15, -0.1) is 0 Å². The number of fused-ring (bicyclic) bond motifs is 1. The van der Waals surface area contributed by atoms with Crippen LogP contribution in [-0.2, 0) is 6.54 Å². The lowest BCUT2D eigenvalue weighted by molar-refractivity contribution is 0.0941. The molecule has 0 saturated carbocycles. The molecule has 0 spiro atoms.